The van der Waals surface area contributed by atoms with E-state index in [1.54, 1.807) is 11.8 Å². The molecule has 0 saturated carbocycles. The fourth-order valence-electron chi connectivity index (χ4n) is 2.30. The summed E-state index contributed by atoms with van der Waals surface area (Å²) in [5, 5.41) is 13.4. The van der Waals surface area contributed by atoms with Crippen LogP contribution in [0.5, 0.6) is 0 Å². The smallest absolute Gasteiger partial charge is 0.295 e. The zero-order valence-corrected chi connectivity index (χ0v) is 13.1. The topological polar surface area (TPSA) is 79.5 Å². The largest absolute Gasteiger partial charge is 0.394 e. The van der Waals surface area contributed by atoms with Crippen molar-refractivity contribution in [3.63, 3.8) is 0 Å². The van der Waals surface area contributed by atoms with E-state index in [0.717, 1.165) is 5.56 Å². The molecule has 1 heterocycles. The van der Waals surface area contributed by atoms with Gasteiger partial charge in [0, 0.05) is 13.5 Å². The average molecular weight is 303 g/mol. The Morgan fingerprint density at radius 2 is 2.00 bits per heavy atom. The van der Waals surface area contributed by atoms with Crippen molar-refractivity contribution >= 4 is 5.91 Å². The third-order valence-electron chi connectivity index (χ3n) is 3.53. The van der Waals surface area contributed by atoms with Gasteiger partial charge in [-0.15, -0.1) is 0 Å². The van der Waals surface area contributed by atoms with Crippen molar-refractivity contribution < 1.29 is 14.4 Å². The van der Waals surface area contributed by atoms with E-state index in [1.165, 1.54) is 0 Å². The average Bonchev–Trinajstić information content (AvgIpc) is 2.93. The van der Waals surface area contributed by atoms with Gasteiger partial charge in [0.25, 0.3) is 11.7 Å². The third kappa shape index (κ3) is 3.71. The first-order valence-electron chi connectivity index (χ1n) is 7.29. The molecule has 0 aliphatic heterocycles. The summed E-state index contributed by atoms with van der Waals surface area (Å²) in [6.07, 6.45) is 0. The Morgan fingerprint density at radius 3 is 2.50 bits per heavy atom. The maximum atomic E-state index is 12.7. The van der Waals surface area contributed by atoms with E-state index in [2.05, 4.69) is 10.1 Å². The van der Waals surface area contributed by atoms with E-state index in [-0.39, 0.29) is 30.3 Å². The van der Waals surface area contributed by atoms with Crippen LogP contribution >= 0.6 is 0 Å². The van der Waals surface area contributed by atoms with E-state index in [0.29, 0.717) is 12.4 Å². The zero-order valence-electron chi connectivity index (χ0n) is 13.1. The molecule has 0 fully saturated rings. The molecule has 2 rings (SSSR count). The summed E-state index contributed by atoms with van der Waals surface area (Å²) in [4.78, 5) is 18.3. The van der Waals surface area contributed by atoms with Crippen LogP contribution in [0.2, 0.25) is 0 Å². The SMILES string of the molecule is Cc1nc(C(=O)N(Cc2ccccc2)C(CO)C(C)C)no1. The fourth-order valence-corrected chi connectivity index (χ4v) is 2.30. The third-order valence-corrected chi connectivity index (χ3v) is 3.53. The zero-order chi connectivity index (χ0) is 16.1. The van der Waals surface area contributed by atoms with Gasteiger partial charge >= 0.3 is 0 Å². The van der Waals surface area contributed by atoms with Gasteiger partial charge in [-0.05, 0) is 11.5 Å². The van der Waals surface area contributed by atoms with Crippen LogP contribution in [0, 0.1) is 12.8 Å². The van der Waals surface area contributed by atoms with Crippen molar-refractivity contribution in [3.8, 4) is 0 Å². The summed E-state index contributed by atoms with van der Waals surface area (Å²) in [6.45, 7) is 5.84. The summed E-state index contributed by atoms with van der Waals surface area (Å²) >= 11 is 0. The van der Waals surface area contributed by atoms with Crippen molar-refractivity contribution in [1.29, 1.82) is 0 Å². The van der Waals surface area contributed by atoms with Crippen LogP contribution in [0.4, 0.5) is 0 Å². The summed E-state index contributed by atoms with van der Waals surface area (Å²) in [5.41, 5.74) is 0.982. The highest BCUT2D eigenvalue weighted by Crippen LogP contribution is 2.17. The summed E-state index contributed by atoms with van der Waals surface area (Å²) in [6, 6.07) is 9.32. The van der Waals surface area contributed by atoms with Crippen LogP contribution in [0.3, 0.4) is 0 Å². The molecule has 6 nitrogen and oxygen atoms in total. The monoisotopic (exact) mass is 303 g/mol. The normalized spacial score (nSPS) is 12.4. The molecule has 1 aromatic heterocycles. The van der Waals surface area contributed by atoms with Gasteiger partial charge < -0.3 is 14.5 Å². The summed E-state index contributed by atoms with van der Waals surface area (Å²) < 4.78 is 4.89. The maximum absolute atomic E-state index is 12.7. The number of aryl methyl sites for hydroxylation is 1. The molecule has 0 aliphatic carbocycles. The Morgan fingerprint density at radius 1 is 1.32 bits per heavy atom. The molecule has 0 radical (unpaired) electrons. The highest BCUT2D eigenvalue weighted by Gasteiger charge is 2.29. The Kier molecular flexibility index (Phi) is 5.27. The second kappa shape index (κ2) is 7.17. The van der Waals surface area contributed by atoms with Gasteiger partial charge in [-0.2, -0.15) is 4.98 Å². The number of benzene rings is 1. The van der Waals surface area contributed by atoms with Crippen LogP contribution in [0.25, 0.3) is 0 Å². The number of carbonyl (C=O) groups excluding carboxylic acids is 1. The van der Waals surface area contributed by atoms with E-state index < -0.39 is 0 Å². The minimum absolute atomic E-state index is 0.0209. The number of aliphatic hydroxyl groups excluding tert-OH is 1. The number of rotatable bonds is 6. The standard InChI is InChI=1S/C16H21N3O3/c1-11(2)14(10-20)19(9-13-7-5-4-6-8-13)16(21)15-17-12(3)22-18-15/h4-8,11,14,20H,9-10H2,1-3H3. The van der Waals surface area contributed by atoms with Gasteiger partial charge in [-0.1, -0.05) is 49.3 Å². The fraction of sp³-hybridized carbons (Fsp3) is 0.438. The van der Waals surface area contributed by atoms with Gasteiger partial charge in [0.15, 0.2) is 0 Å². The molecule has 0 spiro atoms. The van der Waals surface area contributed by atoms with Gasteiger partial charge in [0.05, 0.1) is 12.6 Å². The molecule has 0 bridgehead atoms. The van der Waals surface area contributed by atoms with Crippen molar-refractivity contribution in [2.24, 2.45) is 5.92 Å². The molecule has 1 atom stereocenters. The molecule has 0 aliphatic rings. The molecule has 1 amide bonds. The number of aromatic nitrogens is 2. The first-order valence-corrected chi connectivity index (χ1v) is 7.29. The minimum atomic E-state index is -0.339. The lowest BCUT2D eigenvalue weighted by Gasteiger charge is -2.32. The summed E-state index contributed by atoms with van der Waals surface area (Å²) in [7, 11) is 0. The number of nitrogens with zero attached hydrogens (tertiary/aromatic N) is 3. The van der Waals surface area contributed by atoms with Gasteiger partial charge in [0.2, 0.25) is 5.89 Å². The Labute approximate surface area is 129 Å². The van der Waals surface area contributed by atoms with Crippen molar-refractivity contribution in [2.75, 3.05) is 6.61 Å². The van der Waals surface area contributed by atoms with E-state index in [4.69, 9.17) is 4.52 Å². The molecule has 118 valence electrons. The van der Waals surface area contributed by atoms with Crippen LogP contribution in [0.15, 0.2) is 34.9 Å². The number of aliphatic hydroxyl groups is 1. The van der Waals surface area contributed by atoms with Gasteiger partial charge in [-0.3, -0.25) is 4.79 Å². The number of amides is 1. The van der Waals surface area contributed by atoms with Crippen LogP contribution in [-0.2, 0) is 6.54 Å². The second-order valence-corrected chi connectivity index (χ2v) is 5.55. The molecule has 6 heteroatoms. The number of hydrogen-bond acceptors (Lipinski definition) is 5. The van der Waals surface area contributed by atoms with Crippen molar-refractivity contribution in [3.05, 3.63) is 47.6 Å². The highest BCUT2D eigenvalue weighted by molar-refractivity contribution is 5.90. The van der Waals surface area contributed by atoms with Crippen molar-refractivity contribution in [2.45, 2.75) is 33.4 Å². The molecule has 0 saturated heterocycles. The minimum Gasteiger partial charge on any atom is -0.394 e. The van der Waals surface area contributed by atoms with Gasteiger partial charge in [0.1, 0.15) is 0 Å². The second-order valence-electron chi connectivity index (χ2n) is 5.55. The molecule has 1 aromatic carbocycles. The summed E-state index contributed by atoms with van der Waals surface area (Å²) in [5.74, 6) is 0.125. The Balaban J connectivity index is 2.30. The number of carbonyl (C=O) groups is 1. The molecule has 22 heavy (non-hydrogen) atoms. The van der Waals surface area contributed by atoms with Crippen LogP contribution < -0.4 is 0 Å². The predicted molar refractivity (Wildman–Crippen MR) is 81.1 cm³/mol. The Hall–Kier alpha value is -2.21. The quantitative estimate of drug-likeness (QED) is 0.883. The lowest BCUT2D eigenvalue weighted by Crippen LogP contribution is -2.45. The number of hydrogen-bond donors (Lipinski definition) is 1. The first-order chi connectivity index (χ1) is 10.5. The van der Waals surface area contributed by atoms with E-state index in [9.17, 15) is 9.90 Å². The molecule has 2 aromatic rings. The van der Waals surface area contributed by atoms with Crippen molar-refractivity contribution in [1.82, 2.24) is 15.0 Å². The highest BCUT2D eigenvalue weighted by atomic mass is 16.5. The molecular formula is C16H21N3O3. The van der Waals surface area contributed by atoms with Crippen LogP contribution in [0.1, 0.15) is 35.9 Å². The molecular weight excluding hydrogens is 282 g/mol. The van der Waals surface area contributed by atoms with Gasteiger partial charge in [-0.25, -0.2) is 0 Å². The molecule has 1 unspecified atom stereocenters. The van der Waals surface area contributed by atoms with Crippen LogP contribution in [-0.4, -0.2) is 38.7 Å². The lowest BCUT2D eigenvalue weighted by atomic mass is 10.0. The van der Waals surface area contributed by atoms with E-state index in [1.807, 2.05) is 44.2 Å². The predicted octanol–water partition coefficient (Wildman–Crippen LogP) is 2.04. The lowest BCUT2D eigenvalue weighted by molar-refractivity contribution is 0.0467. The first kappa shape index (κ1) is 16.2. The molecule has 1 N–H and O–H groups in total. The maximum Gasteiger partial charge on any atom is 0.295 e. The Bertz CT molecular complexity index is 610. The van der Waals surface area contributed by atoms with E-state index >= 15 is 0 Å².